The van der Waals surface area contributed by atoms with Gasteiger partial charge in [0.25, 0.3) is 0 Å². The summed E-state index contributed by atoms with van der Waals surface area (Å²) in [4.78, 5) is 11.9. The van der Waals surface area contributed by atoms with Crippen LogP contribution < -0.4 is 5.32 Å². The zero-order valence-corrected chi connectivity index (χ0v) is 11.0. The summed E-state index contributed by atoms with van der Waals surface area (Å²) in [6.07, 6.45) is 0.771. The van der Waals surface area contributed by atoms with Crippen LogP contribution in [0.1, 0.15) is 34.1 Å². The Balaban J connectivity index is 3.98. The summed E-state index contributed by atoms with van der Waals surface area (Å²) in [7, 11) is 0. The molecule has 1 amide bonds. The average Bonchev–Trinajstić information content (AvgIpc) is 2.31. The number of rotatable bonds is 9. The molecule has 0 radical (unpaired) electrons. The van der Waals surface area contributed by atoms with E-state index in [0.717, 1.165) is 6.42 Å². The van der Waals surface area contributed by atoms with Gasteiger partial charge in [-0.3, -0.25) is 4.79 Å². The number of nitrogens with one attached hydrogen (secondary N) is 1. The third-order valence-electron chi connectivity index (χ3n) is 2.69. The number of carbonyl (C=O) groups excluding carboxylic acids is 1. The zero-order valence-electron chi connectivity index (χ0n) is 11.0. The van der Waals surface area contributed by atoms with E-state index in [1.807, 2.05) is 27.7 Å². The van der Waals surface area contributed by atoms with Crippen LogP contribution in [0, 0.1) is 5.41 Å². The molecular formula is C12H25NO3. The fourth-order valence-corrected chi connectivity index (χ4v) is 1.25. The highest BCUT2D eigenvalue weighted by atomic mass is 16.5. The van der Waals surface area contributed by atoms with Crippen LogP contribution in [0.2, 0.25) is 0 Å². The lowest BCUT2D eigenvalue weighted by Gasteiger charge is -2.26. The summed E-state index contributed by atoms with van der Waals surface area (Å²) in [6.45, 7) is 10.7. The average molecular weight is 231 g/mol. The highest BCUT2D eigenvalue weighted by molar-refractivity contribution is 5.82. The normalized spacial score (nSPS) is 14.5. The van der Waals surface area contributed by atoms with Crippen LogP contribution >= 0.6 is 0 Å². The number of ether oxygens (including phenoxy) is 2. The van der Waals surface area contributed by atoms with Crippen molar-refractivity contribution in [3.05, 3.63) is 0 Å². The second-order valence-corrected chi connectivity index (χ2v) is 4.00. The molecule has 0 aromatic heterocycles. The molecule has 0 rings (SSSR count). The Morgan fingerprint density at radius 1 is 1.19 bits per heavy atom. The van der Waals surface area contributed by atoms with Crippen LogP contribution in [0.25, 0.3) is 0 Å². The van der Waals surface area contributed by atoms with Crippen molar-refractivity contribution in [2.75, 3.05) is 33.0 Å². The van der Waals surface area contributed by atoms with E-state index >= 15 is 0 Å². The van der Waals surface area contributed by atoms with E-state index in [1.165, 1.54) is 0 Å². The van der Waals surface area contributed by atoms with Gasteiger partial charge in [0, 0.05) is 19.8 Å². The monoisotopic (exact) mass is 231 g/mol. The van der Waals surface area contributed by atoms with Gasteiger partial charge in [-0.15, -0.1) is 0 Å². The third-order valence-corrected chi connectivity index (χ3v) is 2.69. The van der Waals surface area contributed by atoms with Crippen LogP contribution in [0.3, 0.4) is 0 Å². The molecule has 1 atom stereocenters. The van der Waals surface area contributed by atoms with Gasteiger partial charge in [0.1, 0.15) is 0 Å². The molecule has 4 heteroatoms. The molecule has 0 aromatic rings. The van der Waals surface area contributed by atoms with Crippen LogP contribution in [0.5, 0.6) is 0 Å². The minimum absolute atomic E-state index is 0.0446. The Morgan fingerprint density at radius 3 is 2.31 bits per heavy atom. The molecule has 0 fully saturated rings. The maximum atomic E-state index is 11.9. The topological polar surface area (TPSA) is 47.6 Å². The van der Waals surface area contributed by atoms with Gasteiger partial charge >= 0.3 is 0 Å². The largest absolute Gasteiger partial charge is 0.381 e. The van der Waals surface area contributed by atoms with E-state index in [4.69, 9.17) is 9.47 Å². The standard InChI is InChI=1S/C12H25NO3/c1-5-12(4,10-16-7-3)11(14)13-8-9-15-6-2/h5-10H2,1-4H3,(H,13,14). The Bertz CT molecular complexity index is 197. The summed E-state index contributed by atoms with van der Waals surface area (Å²) >= 11 is 0. The van der Waals surface area contributed by atoms with Crippen molar-refractivity contribution in [1.82, 2.24) is 5.32 Å². The first-order valence-electron chi connectivity index (χ1n) is 6.04. The van der Waals surface area contributed by atoms with Crippen molar-refractivity contribution < 1.29 is 14.3 Å². The van der Waals surface area contributed by atoms with Gasteiger partial charge in [-0.25, -0.2) is 0 Å². The van der Waals surface area contributed by atoms with Gasteiger partial charge in [0.2, 0.25) is 5.91 Å². The van der Waals surface area contributed by atoms with Crippen molar-refractivity contribution in [3.63, 3.8) is 0 Å². The SMILES string of the molecule is CCOCCNC(=O)C(C)(CC)COCC. The minimum Gasteiger partial charge on any atom is -0.381 e. The molecule has 0 saturated heterocycles. The van der Waals surface area contributed by atoms with E-state index in [2.05, 4.69) is 5.32 Å². The smallest absolute Gasteiger partial charge is 0.228 e. The maximum Gasteiger partial charge on any atom is 0.228 e. The van der Waals surface area contributed by atoms with Crippen LogP contribution in [0.15, 0.2) is 0 Å². The fourth-order valence-electron chi connectivity index (χ4n) is 1.25. The lowest BCUT2D eigenvalue weighted by atomic mass is 9.87. The van der Waals surface area contributed by atoms with Crippen molar-refractivity contribution in [2.45, 2.75) is 34.1 Å². The van der Waals surface area contributed by atoms with E-state index in [-0.39, 0.29) is 5.91 Å². The minimum atomic E-state index is -0.428. The predicted octanol–water partition coefficient (Wildman–Crippen LogP) is 1.59. The molecule has 0 bridgehead atoms. The Morgan fingerprint density at radius 2 is 1.81 bits per heavy atom. The highest BCUT2D eigenvalue weighted by Crippen LogP contribution is 2.21. The lowest BCUT2D eigenvalue weighted by molar-refractivity contribution is -0.134. The summed E-state index contributed by atoms with van der Waals surface area (Å²) in [6, 6.07) is 0. The molecule has 0 heterocycles. The number of carbonyl (C=O) groups is 1. The summed E-state index contributed by atoms with van der Waals surface area (Å²) < 4.78 is 10.5. The molecule has 96 valence electrons. The molecule has 1 unspecified atom stereocenters. The zero-order chi connectivity index (χ0) is 12.4. The van der Waals surface area contributed by atoms with Crippen molar-refractivity contribution in [3.8, 4) is 0 Å². The molecule has 0 aromatic carbocycles. The Kier molecular flexibility index (Phi) is 8.21. The van der Waals surface area contributed by atoms with Gasteiger partial charge in [-0.05, 0) is 27.2 Å². The first kappa shape index (κ1) is 15.4. The van der Waals surface area contributed by atoms with E-state index in [0.29, 0.717) is 33.0 Å². The van der Waals surface area contributed by atoms with Crippen molar-refractivity contribution in [2.24, 2.45) is 5.41 Å². The van der Waals surface area contributed by atoms with Crippen LogP contribution in [0.4, 0.5) is 0 Å². The Hall–Kier alpha value is -0.610. The number of hydrogen-bond donors (Lipinski definition) is 1. The van der Waals surface area contributed by atoms with E-state index in [1.54, 1.807) is 0 Å². The first-order valence-corrected chi connectivity index (χ1v) is 6.04. The fraction of sp³-hybridized carbons (Fsp3) is 0.917. The lowest BCUT2D eigenvalue weighted by Crippen LogP contribution is -2.43. The van der Waals surface area contributed by atoms with Gasteiger partial charge in [-0.2, -0.15) is 0 Å². The summed E-state index contributed by atoms with van der Waals surface area (Å²) in [5, 5.41) is 2.87. The van der Waals surface area contributed by atoms with Crippen LogP contribution in [-0.4, -0.2) is 38.9 Å². The molecule has 1 N–H and O–H groups in total. The van der Waals surface area contributed by atoms with Gasteiger partial charge in [0.15, 0.2) is 0 Å². The van der Waals surface area contributed by atoms with Crippen LogP contribution in [-0.2, 0) is 14.3 Å². The summed E-state index contributed by atoms with van der Waals surface area (Å²) in [5.74, 6) is 0.0446. The molecule has 0 aliphatic rings. The second kappa shape index (κ2) is 8.53. The highest BCUT2D eigenvalue weighted by Gasteiger charge is 2.31. The van der Waals surface area contributed by atoms with Gasteiger partial charge in [0.05, 0.1) is 18.6 Å². The van der Waals surface area contributed by atoms with Gasteiger partial charge < -0.3 is 14.8 Å². The molecule has 4 nitrogen and oxygen atoms in total. The number of hydrogen-bond acceptors (Lipinski definition) is 3. The van der Waals surface area contributed by atoms with Gasteiger partial charge in [-0.1, -0.05) is 6.92 Å². The first-order chi connectivity index (χ1) is 7.60. The summed E-state index contributed by atoms with van der Waals surface area (Å²) in [5.41, 5.74) is -0.428. The van der Waals surface area contributed by atoms with Crippen molar-refractivity contribution in [1.29, 1.82) is 0 Å². The quantitative estimate of drug-likeness (QED) is 0.613. The van der Waals surface area contributed by atoms with E-state index in [9.17, 15) is 4.79 Å². The predicted molar refractivity (Wildman–Crippen MR) is 64.4 cm³/mol. The maximum absolute atomic E-state index is 11.9. The molecule has 16 heavy (non-hydrogen) atoms. The molecule has 0 saturated carbocycles. The van der Waals surface area contributed by atoms with Crippen molar-refractivity contribution >= 4 is 5.91 Å². The third kappa shape index (κ3) is 5.47. The molecule has 0 aliphatic heterocycles. The number of amides is 1. The molecule has 0 aliphatic carbocycles. The molecular weight excluding hydrogens is 206 g/mol. The Labute approximate surface area is 98.7 Å². The van der Waals surface area contributed by atoms with E-state index < -0.39 is 5.41 Å². The molecule has 0 spiro atoms. The second-order valence-electron chi connectivity index (χ2n) is 4.00.